The van der Waals surface area contributed by atoms with E-state index in [2.05, 4.69) is 5.32 Å². The second-order valence-electron chi connectivity index (χ2n) is 9.02. The molecule has 2 amide bonds. The highest BCUT2D eigenvalue weighted by molar-refractivity contribution is 6.13. The van der Waals surface area contributed by atoms with Gasteiger partial charge in [0.05, 0.1) is 17.7 Å². The van der Waals surface area contributed by atoms with Crippen molar-refractivity contribution in [1.82, 2.24) is 4.90 Å². The molecule has 0 fully saturated rings. The normalized spacial score (nSPS) is 13.3. The number of furan rings is 1. The van der Waals surface area contributed by atoms with Gasteiger partial charge in [-0.05, 0) is 57.9 Å². The Hall–Kier alpha value is -3.29. The number of hydrogen-bond acceptors (Lipinski definition) is 6. The van der Waals surface area contributed by atoms with E-state index < -0.39 is 5.60 Å². The van der Waals surface area contributed by atoms with Crippen molar-refractivity contribution in [1.29, 1.82) is 0 Å². The molecule has 1 aliphatic rings. The number of carbonyl (C=O) groups is 3. The van der Waals surface area contributed by atoms with E-state index in [-0.39, 0.29) is 23.3 Å². The summed E-state index contributed by atoms with van der Waals surface area (Å²) in [5.74, 6) is 0.770. The average molecular weight is 457 g/mol. The number of fused-ring (bicyclic) bond motifs is 1. The van der Waals surface area contributed by atoms with E-state index in [0.717, 1.165) is 12.8 Å². The van der Waals surface area contributed by atoms with E-state index in [0.29, 0.717) is 55.3 Å². The van der Waals surface area contributed by atoms with Crippen LogP contribution in [0.3, 0.4) is 0 Å². The third-order valence-electron chi connectivity index (χ3n) is 5.09. The van der Waals surface area contributed by atoms with Gasteiger partial charge in [-0.1, -0.05) is 6.92 Å². The zero-order valence-electron chi connectivity index (χ0n) is 19.7. The molecule has 0 atom stereocenters. The number of ether oxygens (including phenoxy) is 2. The molecule has 2 aromatic rings. The molecule has 1 aromatic heterocycles. The van der Waals surface area contributed by atoms with Crippen LogP contribution in [0.2, 0.25) is 0 Å². The van der Waals surface area contributed by atoms with Crippen molar-refractivity contribution in [3.63, 3.8) is 0 Å². The number of carbonyl (C=O) groups excluding carboxylic acids is 3. The molecular weight excluding hydrogens is 424 g/mol. The molecule has 0 spiro atoms. The fourth-order valence-electron chi connectivity index (χ4n) is 3.59. The van der Waals surface area contributed by atoms with Gasteiger partial charge in [-0.2, -0.15) is 0 Å². The van der Waals surface area contributed by atoms with E-state index >= 15 is 0 Å². The molecule has 8 heteroatoms. The Morgan fingerprint density at radius 1 is 1.12 bits per heavy atom. The quantitative estimate of drug-likeness (QED) is 0.595. The molecule has 1 aliphatic carbocycles. The summed E-state index contributed by atoms with van der Waals surface area (Å²) < 4.78 is 16.6. The average Bonchev–Trinajstić information content (AvgIpc) is 3.19. The number of hydrogen-bond donors (Lipinski definition) is 1. The third kappa shape index (κ3) is 6.60. The largest absolute Gasteiger partial charge is 0.492 e. The number of nitrogens with one attached hydrogen (secondary N) is 1. The zero-order valence-corrected chi connectivity index (χ0v) is 19.7. The maximum absolute atomic E-state index is 12.6. The minimum absolute atomic E-state index is 0.0533. The van der Waals surface area contributed by atoms with Crippen LogP contribution in [0, 0.1) is 0 Å². The van der Waals surface area contributed by atoms with Crippen LogP contribution in [0.1, 0.15) is 73.4 Å². The summed E-state index contributed by atoms with van der Waals surface area (Å²) >= 11 is 0. The van der Waals surface area contributed by atoms with Crippen LogP contribution in [0.15, 0.2) is 34.9 Å². The Morgan fingerprint density at radius 2 is 1.85 bits per heavy atom. The molecule has 1 N–H and O–H groups in total. The van der Waals surface area contributed by atoms with E-state index in [1.807, 2.05) is 27.7 Å². The lowest BCUT2D eigenvalue weighted by Gasteiger charge is -2.27. The number of ketones is 1. The predicted octanol–water partition coefficient (Wildman–Crippen LogP) is 5.08. The van der Waals surface area contributed by atoms with Gasteiger partial charge in [0.1, 0.15) is 30.0 Å². The van der Waals surface area contributed by atoms with Crippen molar-refractivity contribution < 1.29 is 28.3 Å². The van der Waals surface area contributed by atoms with Crippen molar-refractivity contribution in [3.05, 3.63) is 47.4 Å². The third-order valence-corrected chi connectivity index (χ3v) is 5.09. The molecule has 0 unspecified atom stereocenters. The van der Waals surface area contributed by atoms with Crippen molar-refractivity contribution in [2.75, 3.05) is 25.0 Å². The molecule has 0 saturated heterocycles. The van der Waals surface area contributed by atoms with Gasteiger partial charge in [0.25, 0.3) is 5.91 Å². The van der Waals surface area contributed by atoms with Crippen LogP contribution in [0.25, 0.3) is 0 Å². The highest BCUT2D eigenvalue weighted by Crippen LogP contribution is 2.27. The molecule has 1 heterocycles. The number of aryl methyl sites for hydroxylation is 1. The minimum atomic E-state index is -0.548. The Bertz CT molecular complexity index is 987. The molecule has 0 aliphatic heterocycles. The highest BCUT2D eigenvalue weighted by atomic mass is 16.6. The van der Waals surface area contributed by atoms with Crippen molar-refractivity contribution in [2.24, 2.45) is 0 Å². The first-order valence-corrected chi connectivity index (χ1v) is 11.3. The fraction of sp³-hybridized carbons (Fsp3) is 0.480. The SMILES string of the molecule is CCCN(CCOc1ccc(NC(=O)c2coc3c2C(=O)CCC3)cc1)C(=O)OC(C)(C)C. The van der Waals surface area contributed by atoms with Crippen LogP contribution in [0.5, 0.6) is 5.75 Å². The molecule has 178 valence electrons. The van der Waals surface area contributed by atoms with Gasteiger partial charge >= 0.3 is 6.09 Å². The molecule has 3 rings (SSSR count). The standard InChI is InChI=1S/C25H32N2O6/c1-5-13-27(24(30)33-25(2,3)4)14-15-31-18-11-9-17(10-12-18)26-23(29)19-16-32-21-8-6-7-20(28)22(19)21/h9-12,16H,5-8,13-15H2,1-4H3,(H,26,29). The van der Waals surface area contributed by atoms with Gasteiger partial charge in [-0.15, -0.1) is 0 Å². The Labute approximate surface area is 194 Å². The molecule has 33 heavy (non-hydrogen) atoms. The molecular formula is C25H32N2O6. The lowest BCUT2D eigenvalue weighted by Crippen LogP contribution is -2.39. The van der Waals surface area contributed by atoms with Crippen molar-refractivity contribution in [3.8, 4) is 5.75 Å². The van der Waals surface area contributed by atoms with Crippen LogP contribution in [-0.4, -0.2) is 48.0 Å². The maximum atomic E-state index is 12.6. The number of rotatable bonds is 8. The molecule has 0 radical (unpaired) electrons. The van der Waals surface area contributed by atoms with Gasteiger partial charge in [-0.25, -0.2) is 4.79 Å². The van der Waals surface area contributed by atoms with Crippen LogP contribution in [-0.2, 0) is 11.2 Å². The van der Waals surface area contributed by atoms with E-state index in [4.69, 9.17) is 13.9 Å². The summed E-state index contributed by atoms with van der Waals surface area (Å²) in [6.45, 7) is 8.82. The number of nitrogens with zero attached hydrogens (tertiary/aromatic N) is 1. The predicted molar refractivity (Wildman–Crippen MR) is 124 cm³/mol. The number of benzene rings is 1. The van der Waals surface area contributed by atoms with E-state index in [9.17, 15) is 14.4 Å². The second-order valence-corrected chi connectivity index (χ2v) is 9.02. The molecule has 0 bridgehead atoms. The summed E-state index contributed by atoms with van der Waals surface area (Å²) in [6, 6.07) is 6.92. The Morgan fingerprint density at radius 3 is 2.52 bits per heavy atom. The lowest BCUT2D eigenvalue weighted by molar-refractivity contribution is 0.0226. The van der Waals surface area contributed by atoms with Gasteiger partial charge in [-0.3, -0.25) is 9.59 Å². The smallest absolute Gasteiger partial charge is 0.410 e. The topological polar surface area (TPSA) is 98.1 Å². The van der Waals surface area contributed by atoms with Crippen LogP contribution >= 0.6 is 0 Å². The van der Waals surface area contributed by atoms with Gasteiger partial charge < -0.3 is 24.1 Å². The summed E-state index contributed by atoms with van der Waals surface area (Å²) in [7, 11) is 0. The molecule has 8 nitrogen and oxygen atoms in total. The van der Waals surface area contributed by atoms with Crippen molar-refractivity contribution in [2.45, 2.75) is 59.0 Å². The summed E-state index contributed by atoms with van der Waals surface area (Å²) in [5.41, 5.74) is 0.702. The highest BCUT2D eigenvalue weighted by Gasteiger charge is 2.28. The molecule has 0 saturated carbocycles. The maximum Gasteiger partial charge on any atom is 0.410 e. The zero-order chi connectivity index (χ0) is 24.0. The lowest BCUT2D eigenvalue weighted by atomic mass is 9.94. The summed E-state index contributed by atoms with van der Waals surface area (Å²) in [5, 5.41) is 2.79. The minimum Gasteiger partial charge on any atom is -0.492 e. The number of Topliss-reactive ketones (excluding diaryl/α,β-unsaturated/α-hetero) is 1. The first-order chi connectivity index (χ1) is 15.7. The molecule has 1 aromatic carbocycles. The monoisotopic (exact) mass is 456 g/mol. The van der Waals surface area contributed by atoms with Crippen molar-refractivity contribution >= 4 is 23.5 Å². The summed E-state index contributed by atoms with van der Waals surface area (Å²) in [4.78, 5) is 38.8. The Kier molecular flexibility index (Phi) is 7.79. The van der Waals surface area contributed by atoms with E-state index in [1.165, 1.54) is 6.26 Å². The van der Waals surface area contributed by atoms with Gasteiger partial charge in [0.15, 0.2) is 5.78 Å². The summed E-state index contributed by atoms with van der Waals surface area (Å²) in [6.07, 6.45) is 3.67. The van der Waals surface area contributed by atoms with Gasteiger partial charge in [0, 0.05) is 25.1 Å². The first-order valence-electron chi connectivity index (χ1n) is 11.3. The second kappa shape index (κ2) is 10.6. The first kappa shape index (κ1) is 24.4. The number of anilines is 1. The van der Waals surface area contributed by atoms with Gasteiger partial charge in [0.2, 0.25) is 0 Å². The van der Waals surface area contributed by atoms with Crippen LogP contribution in [0.4, 0.5) is 10.5 Å². The van der Waals surface area contributed by atoms with E-state index in [1.54, 1.807) is 29.2 Å². The Balaban J connectivity index is 1.53. The fourth-order valence-corrected chi connectivity index (χ4v) is 3.59. The number of amides is 2. The van der Waals surface area contributed by atoms with Crippen LogP contribution < -0.4 is 10.1 Å².